The number of thioether (sulfide) groups is 1. The fourth-order valence-corrected chi connectivity index (χ4v) is 2.33. The molecule has 0 bridgehead atoms. The number of hydrogen-bond donors (Lipinski definition) is 1. The molecular formula is C14H13NO4S. The van der Waals surface area contributed by atoms with Gasteiger partial charge in [0.15, 0.2) is 0 Å². The van der Waals surface area contributed by atoms with Crippen molar-refractivity contribution in [1.29, 1.82) is 0 Å². The number of esters is 1. The molecule has 6 heteroatoms. The van der Waals surface area contributed by atoms with Crippen LogP contribution in [-0.2, 0) is 9.59 Å². The minimum atomic E-state index is -0.390. The van der Waals surface area contributed by atoms with Gasteiger partial charge < -0.3 is 4.74 Å². The quantitative estimate of drug-likeness (QED) is 0.526. The van der Waals surface area contributed by atoms with Crippen molar-refractivity contribution in [2.75, 3.05) is 0 Å². The molecule has 2 amide bonds. The van der Waals surface area contributed by atoms with Gasteiger partial charge in [-0.15, -0.1) is 0 Å². The molecule has 5 nitrogen and oxygen atoms in total. The lowest BCUT2D eigenvalue weighted by atomic mass is 10.1. The third-order valence-electron chi connectivity index (χ3n) is 2.65. The zero-order chi connectivity index (χ0) is 14.7. The van der Waals surface area contributed by atoms with Crippen molar-refractivity contribution in [3.63, 3.8) is 0 Å². The zero-order valence-electron chi connectivity index (χ0n) is 11.1. The first-order chi connectivity index (χ1) is 9.49. The SMILES string of the molecule is CCC(=O)Oc1ccc(/C=C2\SC(=O)NC2=O)cc1C. The molecule has 104 valence electrons. The zero-order valence-corrected chi connectivity index (χ0v) is 11.9. The van der Waals surface area contributed by atoms with Crippen LogP contribution in [0.15, 0.2) is 23.1 Å². The summed E-state index contributed by atoms with van der Waals surface area (Å²) in [6.07, 6.45) is 1.94. The molecule has 1 heterocycles. The lowest BCUT2D eigenvalue weighted by molar-refractivity contribution is -0.134. The van der Waals surface area contributed by atoms with Gasteiger partial charge in [0.25, 0.3) is 11.1 Å². The maximum Gasteiger partial charge on any atom is 0.310 e. The summed E-state index contributed by atoms with van der Waals surface area (Å²) in [4.78, 5) is 34.1. The second-order valence-corrected chi connectivity index (χ2v) is 5.22. The molecule has 0 radical (unpaired) electrons. The number of carbonyl (C=O) groups excluding carboxylic acids is 3. The van der Waals surface area contributed by atoms with E-state index in [-0.39, 0.29) is 17.1 Å². The summed E-state index contributed by atoms with van der Waals surface area (Å²) < 4.78 is 5.16. The van der Waals surface area contributed by atoms with Gasteiger partial charge in [0, 0.05) is 6.42 Å². The third-order valence-corrected chi connectivity index (χ3v) is 3.46. The third kappa shape index (κ3) is 3.27. The van der Waals surface area contributed by atoms with Crippen LogP contribution in [0, 0.1) is 6.92 Å². The molecule has 1 aromatic carbocycles. The van der Waals surface area contributed by atoms with Gasteiger partial charge in [-0.25, -0.2) is 0 Å². The number of rotatable bonds is 3. The molecule has 1 fully saturated rings. The van der Waals surface area contributed by atoms with Crippen LogP contribution in [0.5, 0.6) is 5.75 Å². The summed E-state index contributed by atoms with van der Waals surface area (Å²) >= 11 is 0.869. The first kappa shape index (κ1) is 14.3. The molecular weight excluding hydrogens is 278 g/mol. The van der Waals surface area contributed by atoms with Gasteiger partial charge in [0.2, 0.25) is 0 Å². The van der Waals surface area contributed by atoms with Gasteiger partial charge in [0.1, 0.15) is 5.75 Å². The van der Waals surface area contributed by atoms with Crippen LogP contribution in [0.25, 0.3) is 6.08 Å². The fraction of sp³-hybridized carbons (Fsp3) is 0.214. The van der Waals surface area contributed by atoms with Crippen LogP contribution in [0.2, 0.25) is 0 Å². The van der Waals surface area contributed by atoms with Gasteiger partial charge in [-0.3, -0.25) is 19.7 Å². The summed E-state index contributed by atoms with van der Waals surface area (Å²) in [5, 5.41) is 1.83. The second-order valence-electron chi connectivity index (χ2n) is 4.20. The van der Waals surface area contributed by atoms with Crippen molar-refractivity contribution in [3.8, 4) is 5.75 Å². The maximum absolute atomic E-state index is 11.4. The molecule has 20 heavy (non-hydrogen) atoms. The van der Waals surface area contributed by atoms with E-state index < -0.39 is 0 Å². The smallest absolute Gasteiger partial charge is 0.310 e. The molecule has 2 rings (SSSR count). The Labute approximate surface area is 120 Å². The summed E-state index contributed by atoms with van der Waals surface area (Å²) in [6, 6.07) is 5.20. The Bertz CT molecular complexity index is 622. The first-order valence-electron chi connectivity index (χ1n) is 6.05. The van der Waals surface area contributed by atoms with E-state index in [1.54, 1.807) is 31.2 Å². The largest absolute Gasteiger partial charge is 0.426 e. The van der Waals surface area contributed by atoms with Gasteiger partial charge in [0.05, 0.1) is 4.91 Å². The summed E-state index contributed by atoms with van der Waals surface area (Å²) in [7, 11) is 0. The molecule has 0 aromatic heterocycles. The van der Waals surface area contributed by atoms with Gasteiger partial charge in [-0.2, -0.15) is 0 Å². The molecule has 0 aliphatic carbocycles. The van der Waals surface area contributed by atoms with Crippen molar-refractivity contribution in [1.82, 2.24) is 5.32 Å². The van der Waals surface area contributed by atoms with Crippen LogP contribution in [0.3, 0.4) is 0 Å². The predicted molar refractivity (Wildman–Crippen MR) is 76.2 cm³/mol. The van der Waals surface area contributed by atoms with E-state index in [1.165, 1.54) is 0 Å². The van der Waals surface area contributed by atoms with E-state index in [2.05, 4.69) is 5.32 Å². The molecule has 0 atom stereocenters. The first-order valence-corrected chi connectivity index (χ1v) is 6.87. The van der Waals surface area contributed by atoms with E-state index in [4.69, 9.17) is 4.74 Å². The molecule has 1 aromatic rings. The van der Waals surface area contributed by atoms with Crippen LogP contribution in [0.4, 0.5) is 4.79 Å². The van der Waals surface area contributed by atoms with Crippen molar-refractivity contribution < 1.29 is 19.1 Å². The molecule has 1 saturated heterocycles. The Hall–Kier alpha value is -2.08. The van der Waals surface area contributed by atoms with Gasteiger partial charge in [-0.05, 0) is 48.0 Å². The van der Waals surface area contributed by atoms with Crippen LogP contribution in [-0.4, -0.2) is 17.1 Å². The predicted octanol–water partition coefficient (Wildman–Crippen LogP) is 2.63. The van der Waals surface area contributed by atoms with Crippen molar-refractivity contribution in [3.05, 3.63) is 34.2 Å². The van der Waals surface area contributed by atoms with Crippen molar-refractivity contribution in [2.24, 2.45) is 0 Å². The van der Waals surface area contributed by atoms with Crippen LogP contribution < -0.4 is 10.1 Å². The number of nitrogens with one attached hydrogen (secondary N) is 1. The molecule has 0 unspecified atom stereocenters. The Morgan fingerprint density at radius 3 is 2.70 bits per heavy atom. The Kier molecular flexibility index (Phi) is 4.24. The number of aryl methyl sites for hydroxylation is 1. The second kappa shape index (κ2) is 5.92. The van der Waals surface area contributed by atoms with E-state index in [1.807, 2.05) is 6.92 Å². The highest BCUT2D eigenvalue weighted by Crippen LogP contribution is 2.27. The van der Waals surface area contributed by atoms with E-state index >= 15 is 0 Å². The van der Waals surface area contributed by atoms with Gasteiger partial charge in [-0.1, -0.05) is 13.0 Å². The Morgan fingerprint density at radius 2 is 2.15 bits per heavy atom. The number of imide groups is 1. The molecule has 0 saturated carbocycles. The van der Waals surface area contributed by atoms with Crippen molar-refractivity contribution in [2.45, 2.75) is 20.3 Å². The monoisotopic (exact) mass is 291 g/mol. The molecule has 0 spiro atoms. The minimum Gasteiger partial charge on any atom is -0.426 e. The molecule has 1 N–H and O–H groups in total. The maximum atomic E-state index is 11.4. The Balaban J connectivity index is 2.21. The lowest BCUT2D eigenvalue weighted by Crippen LogP contribution is -2.17. The number of benzene rings is 1. The molecule has 1 aliphatic rings. The van der Waals surface area contributed by atoms with E-state index in [0.717, 1.165) is 22.9 Å². The summed E-state index contributed by atoms with van der Waals surface area (Å²) in [6.45, 7) is 3.54. The number of hydrogen-bond acceptors (Lipinski definition) is 5. The fourth-order valence-electron chi connectivity index (χ4n) is 1.64. The molecule has 1 aliphatic heterocycles. The lowest BCUT2D eigenvalue weighted by Gasteiger charge is -2.07. The average Bonchev–Trinajstić information content (AvgIpc) is 2.71. The number of carbonyl (C=O) groups is 3. The minimum absolute atomic E-state index is 0.296. The van der Waals surface area contributed by atoms with Gasteiger partial charge >= 0.3 is 5.97 Å². The topological polar surface area (TPSA) is 72.5 Å². The van der Waals surface area contributed by atoms with Crippen molar-refractivity contribution >= 4 is 35.0 Å². The van der Waals surface area contributed by atoms with E-state index in [9.17, 15) is 14.4 Å². The summed E-state index contributed by atoms with van der Waals surface area (Å²) in [5.41, 5.74) is 1.56. The van der Waals surface area contributed by atoms with Crippen LogP contribution in [0.1, 0.15) is 24.5 Å². The highest BCUT2D eigenvalue weighted by atomic mass is 32.2. The Morgan fingerprint density at radius 1 is 1.40 bits per heavy atom. The number of amides is 2. The summed E-state index contributed by atoms with van der Waals surface area (Å²) in [5.74, 6) is -0.187. The average molecular weight is 291 g/mol. The highest BCUT2D eigenvalue weighted by molar-refractivity contribution is 8.18. The van der Waals surface area contributed by atoms with Crippen LogP contribution >= 0.6 is 11.8 Å². The number of ether oxygens (including phenoxy) is 1. The van der Waals surface area contributed by atoms with E-state index in [0.29, 0.717) is 17.1 Å². The highest BCUT2D eigenvalue weighted by Gasteiger charge is 2.24. The standard InChI is InChI=1S/C14H13NO4S/c1-3-12(16)19-10-5-4-9(6-8(10)2)7-11-13(17)15-14(18)20-11/h4-7H,3H2,1-2H3,(H,15,17,18)/b11-7-. The normalized spacial score (nSPS) is 16.4.